The van der Waals surface area contributed by atoms with Gasteiger partial charge < -0.3 is 0 Å². The number of quaternary nitrogens is 1. The molecule has 0 aliphatic carbocycles. The highest BCUT2D eigenvalue weighted by Crippen LogP contribution is 2.24. The topological polar surface area (TPSA) is 44.1 Å². The monoisotopic (exact) mass is 215 g/mol. The molecule has 0 fully saturated rings. The first-order valence-electron chi connectivity index (χ1n) is 4.99. The number of H-pyrrole nitrogens is 1. The lowest BCUT2D eigenvalue weighted by atomic mass is 10.3. The normalized spacial score (nSPS) is 14.1. The van der Waals surface area contributed by atoms with Crippen LogP contribution in [-0.2, 0) is 4.79 Å². The van der Waals surface area contributed by atoms with Gasteiger partial charge in [0.05, 0.1) is 13.2 Å². The molecule has 1 amide bonds. The molecule has 1 aromatic carbocycles. The van der Waals surface area contributed by atoms with Gasteiger partial charge in [0.25, 0.3) is 0 Å². The summed E-state index contributed by atoms with van der Waals surface area (Å²) >= 11 is 0. The molecule has 1 aromatic heterocycles. The van der Waals surface area contributed by atoms with Crippen molar-refractivity contribution in [2.24, 2.45) is 0 Å². The van der Waals surface area contributed by atoms with E-state index in [0.29, 0.717) is 5.95 Å². The Bertz CT molecular complexity index is 431. The van der Waals surface area contributed by atoms with Gasteiger partial charge in [0, 0.05) is 23.2 Å². The fraction of sp³-hybridized carbons (Fsp3) is 0.0833. The van der Waals surface area contributed by atoms with Crippen molar-refractivity contribution in [3.8, 4) is 0 Å². The molecule has 0 saturated heterocycles. The molecule has 0 radical (unpaired) electrons. The quantitative estimate of drug-likeness (QED) is 0.572. The zero-order chi connectivity index (χ0) is 11.4. The van der Waals surface area contributed by atoms with Crippen LogP contribution in [0.5, 0.6) is 0 Å². The van der Waals surface area contributed by atoms with E-state index in [1.54, 1.807) is 25.5 Å². The van der Waals surface area contributed by atoms with Gasteiger partial charge in [-0.3, -0.25) is 0 Å². The van der Waals surface area contributed by atoms with E-state index in [0.717, 1.165) is 12.1 Å². The number of nitrogens with one attached hydrogen (secondary N) is 1. The fourth-order valence-electron chi connectivity index (χ4n) is 1.54. The molecular weight excluding hydrogens is 202 g/mol. The predicted molar refractivity (Wildman–Crippen MR) is 60.7 cm³/mol. The molecule has 1 N–H and O–H groups in total. The molecule has 16 heavy (non-hydrogen) atoms. The van der Waals surface area contributed by atoms with Gasteiger partial charge in [-0.05, 0) is 0 Å². The molecule has 4 heteroatoms. The van der Waals surface area contributed by atoms with Crippen LogP contribution in [0.4, 0.5) is 11.6 Å². The maximum Gasteiger partial charge on any atom is 0.507 e. The molecule has 1 heterocycles. The van der Waals surface area contributed by atoms with Gasteiger partial charge in [0.15, 0.2) is 5.69 Å². The minimum atomic E-state index is 0.00167. The third-order valence-electron chi connectivity index (χ3n) is 2.53. The molecule has 0 aliphatic heterocycles. The predicted octanol–water partition coefficient (Wildman–Crippen LogP) is 1.32. The second-order valence-corrected chi connectivity index (χ2v) is 3.62. The smallest absolute Gasteiger partial charge is 0.233 e. The lowest BCUT2D eigenvalue weighted by Gasteiger charge is -2.18. The lowest BCUT2D eigenvalue weighted by Crippen LogP contribution is -2.43. The Morgan fingerprint density at radius 1 is 1.25 bits per heavy atom. The summed E-state index contributed by atoms with van der Waals surface area (Å²) < 4.78 is 0.00167. The second-order valence-electron chi connectivity index (χ2n) is 3.62. The van der Waals surface area contributed by atoms with Crippen LogP contribution in [0, 0.1) is 0 Å². The molecule has 4 nitrogen and oxygen atoms in total. The minimum Gasteiger partial charge on any atom is -0.233 e. The van der Waals surface area contributed by atoms with Gasteiger partial charge >= 0.3 is 12.4 Å². The average Bonchev–Trinajstić information content (AvgIpc) is 2.40. The summed E-state index contributed by atoms with van der Waals surface area (Å²) in [5, 5.41) is 0. The average molecular weight is 215 g/mol. The highest BCUT2D eigenvalue weighted by Gasteiger charge is 2.36. The molecule has 1 unspecified atom stereocenters. The van der Waals surface area contributed by atoms with Crippen molar-refractivity contribution < 1.29 is 9.78 Å². The summed E-state index contributed by atoms with van der Waals surface area (Å²) in [7, 11) is 1.79. The number of benzene rings is 1. The number of hydrogen-bond donors (Lipinski definition) is 0. The van der Waals surface area contributed by atoms with E-state index >= 15 is 0 Å². The van der Waals surface area contributed by atoms with E-state index in [1.165, 1.54) is 0 Å². The SMILES string of the molecule is C[N+](C=O)(c1ccccc1)c1nccc[nH+]1. The van der Waals surface area contributed by atoms with E-state index in [9.17, 15) is 4.79 Å². The molecule has 0 bridgehead atoms. The maximum absolute atomic E-state index is 11.3. The van der Waals surface area contributed by atoms with Crippen LogP contribution in [-0.4, -0.2) is 18.4 Å². The molecular formula is C12H13N3O+2. The number of aromatic amines is 1. The molecule has 0 spiro atoms. The number of para-hydroxylation sites is 1. The zero-order valence-corrected chi connectivity index (χ0v) is 9.00. The van der Waals surface area contributed by atoms with Gasteiger partial charge in [-0.1, -0.05) is 18.2 Å². The minimum absolute atomic E-state index is 0.00167. The third-order valence-corrected chi connectivity index (χ3v) is 2.53. The van der Waals surface area contributed by atoms with Crippen LogP contribution < -0.4 is 9.47 Å². The number of nitrogens with zero attached hydrogens (tertiary/aromatic N) is 2. The van der Waals surface area contributed by atoms with Crippen LogP contribution in [0.1, 0.15) is 0 Å². The second kappa shape index (κ2) is 4.20. The van der Waals surface area contributed by atoms with Crippen LogP contribution in [0.15, 0.2) is 48.8 Å². The Morgan fingerprint density at radius 3 is 2.56 bits per heavy atom. The summed E-state index contributed by atoms with van der Waals surface area (Å²) in [4.78, 5) is 18.5. The Kier molecular flexibility index (Phi) is 2.74. The van der Waals surface area contributed by atoms with Crippen molar-refractivity contribution in [3.05, 3.63) is 48.8 Å². The van der Waals surface area contributed by atoms with E-state index in [4.69, 9.17) is 0 Å². The summed E-state index contributed by atoms with van der Waals surface area (Å²) in [5.41, 5.74) is 0.868. The zero-order valence-electron chi connectivity index (χ0n) is 9.00. The Morgan fingerprint density at radius 2 is 2.00 bits per heavy atom. The first-order valence-corrected chi connectivity index (χ1v) is 4.99. The molecule has 0 saturated carbocycles. The summed E-state index contributed by atoms with van der Waals surface area (Å²) in [6.45, 7) is 0. The highest BCUT2D eigenvalue weighted by atomic mass is 16.1. The van der Waals surface area contributed by atoms with Gasteiger partial charge in [0.2, 0.25) is 0 Å². The van der Waals surface area contributed by atoms with Crippen molar-refractivity contribution >= 4 is 18.0 Å². The van der Waals surface area contributed by atoms with Crippen molar-refractivity contribution in [2.75, 3.05) is 7.05 Å². The molecule has 2 aromatic rings. The van der Waals surface area contributed by atoms with E-state index < -0.39 is 0 Å². The van der Waals surface area contributed by atoms with Gasteiger partial charge in [-0.2, -0.15) is 4.98 Å². The molecule has 2 rings (SSSR count). The summed E-state index contributed by atoms with van der Waals surface area (Å²) in [6, 6.07) is 11.3. The molecule has 80 valence electrons. The van der Waals surface area contributed by atoms with Crippen LogP contribution in [0.25, 0.3) is 0 Å². The third kappa shape index (κ3) is 1.70. The number of hydrogen-bond acceptors (Lipinski definition) is 2. The van der Waals surface area contributed by atoms with Crippen molar-refractivity contribution in [2.45, 2.75) is 0 Å². The Balaban J connectivity index is 2.53. The number of aromatic nitrogens is 2. The number of rotatable bonds is 3. The van der Waals surface area contributed by atoms with Crippen LogP contribution in [0.3, 0.4) is 0 Å². The van der Waals surface area contributed by atoms with E-state index in [-0.39, 0.29) is 4.48 Å². The molecule has 0 aliphatic rings. The van der Waals surface area contributed by atoms with Gasteiger partial charge in [-0.25, -0.2) is 4.79 Å². The Labute approximate surface area is 93.8 Å². The highest BCUT2D eigenvalue weighted by molar-refractivity contribution is 5.75. The van der Waals surface area contributed by atoms with Crippen molar-refractivity contribution in [1.82, 2.24) is 9.47 Å². The van der Waals surface area contributed by atoms with Crippen molar-refractivity contribution in [3.63, 3.8) is 0 Å². The largest absolute Gasteiger partial charge is 0.507 e. The first-order chi connectivity index (χ1) is 7.77. The summed E-state index contributed by atoms with van der Waals surface area (Å²) in [5.74, 6) is 0.587. The number of carbonyl (C=O) groups is 1. The van der Waals surface area contributed by atoms with E-state index in [2.05, 4.69) is 9.97 Å². The lowest BCUT2D eigenvalue weighted by molar-refractivity contribution is -0.376. The van der Waals surface area contributed by atoms with Crippen LogP contribution in [0.2, 0.25) is 0 Å². The Hall–Kier alpha value is -2.07. The molecule has 1 atom stereocenters. The van der Waals surface area contributed by atoms with Gasteiger partial charge in [0.1, 0.15) is 6.20 Å². The standard InChI is InChI=1S/C12H12N3O/c1-15(10-16,11-6-3-2-4-7-11)12-13-8-5-9-14-12/h2-10H,1H3/q+1/p+1. The summed E-state index contributed by atoms with van der Waals surface area (Å²) in [6.07, 6.45) is 4.27. The van der Waals surface area contributed by atoms with E-state index in [1.807, 2.05) is 30.3 Å². The number of amides is 1. The van der Waals surface area contributed by atoms with Crippen molar-refractivity contribution in [1.29, 1.82) is 0 Å². The maximum atomic E-state index is 11.3. The fourth-order valence-corrected chi connectivity index (χ4v) is 1.54. The number of carbonyl (C=O) groups excluding carboxylic acids is 1. The van der Waals surface area contributed by atoms with Crippen LogP contribution >= 0.6 is 0 Å². The first kappa shape index (κ1) is 10.4. The van der Waals surface area contributed by atoms with Gasteiger partial charge in [-0.15, -0.1) is 4.48 Å².